The molecule has 2 aromatic carbocycles. The van der Waals surface area contributed by atoms with Gasteiger partial charge >= 0.3 is 0 Å². The first-order valence-electron chi connectivity index (χ1n) is 6.08. The van der Waals surface area contributed by atoms with Gasteiger partial charge in [0.2, 0.25) is 0 Å². The largest absolute Gasteiger partial charge is 0.489 e. The zero-order valence-corrected chi connectivity index (χ0v) is 12.9. The number of halogens is 3. The summed E-state index contributed by atoms with van der Waals surface area (Å²) in [6, 6.07) is 13.3. The second-order valence-electron chi connectivity index (χ2n) is 4.16. The third-order valence-corrected chi connectivity index (χ3v) is 3.59. The summed E-state index contributed by atoms with van der Waals surface area (Å²) in [6.45, 7) is 0.452. The lowest BCUT2D eigenvalue weighted by Gasteiger charge is -2.07. The number of benzene rings is 2. The quantitative estimate of drug-likeness (QED) is 0.628. The zero-order chi connectivity index (χ0) is 14.4. The molecule has 0 N–H and O–H groups in total. The van der Waals surface area contributed by atoms with Gasteiger partial charge in [0.1, 0.15) is 12.4 Å². The molecule has 0 aliphatic heterocycles. The molecular weight excluding hydrogens is 315 g/mol. The molecule has 0 saturated carbocycles. The highest BCUT2D eigenvalue weighted by Crippen LogP contribution is 2.23. The van der Waals surface area contributed by atoms with Gasteiger partial charge < -0.3 is 4.74 Å². The third-order valence-electron chi connectivity index (χ3n) is 2.67. The van der Waals surface area contributed by atoms with E-state index in [2.05, 4.69) is 0 Å². The minimum Gasteiger partial charge on any atom is -0.489 e. The number of allylic oxidation sites excluding steroid dienone is 1. The lowest BCUT2D eigenvalue weighted by molar-refractivity contribution is 0.306. The van der Waals surface area contributed by atoms with Crippen molar-refractivity contribution in [3.05, 3.63) is 69.7 Å². The number of hydrogen-bond donors (Lipinski definition) is 0. The van der Waals surface area contributed by atoms with Crippen molar-refractivity contribution in [1.82, 2.24) is 0 Å². The van der Waals surface area contributed by atoms with E-state index in [9.17, 15) is 0 Å². The summed E-state index contributed by atoms with van der Waals surface area (Å²) in [5, 5.41) is 1.08. The highest BCUT2D eigenvalue weighted by molar-refractivity contribution is 6.42. The molecule has 0 fully saturated rings. The van der Waals surface area contributed by atoms with Gasteiger partial charge in [-0.3, -0.25) is 0 Å². The first kappa shape index (κ1) is 15.2. The van der Waals surface area contributed by atoms with Crippen molar-refractivity contribution < 1.29 is 4.74 Å². The molecule has 2 aromatic rings. The molecular formula is C16H13Cl3O. The van der Waals surface area contributed by atoms with Crippen molar-refractivity contribution in [3.63, 3.8) is 0 Å². The topological polar surface area (TPSA) is 9.23 Å². The Morgan fingerprint density at radius 2 is 1.70 bits per heavy atom. The van der Waals surface area contributed by atoms with E-state index in [0.29, 0.717) is 22.5 Å². The Kier molecular flexibility index (Phi) is 5.78. The van der Waals surface area contributed by atoms with E-state index in [4.69, 9.17) is 39.5 Å². The van der Waals surface area contributed by atoms with Crippen LogP contribution < -0.4 is 4.74 Å². The van der Waals surface area contributed by atoms with Crippen LogP contribution in [-0.4, -0.2) is 5.88 Å². The fraction of sp³-hybridized carbons (Fsp3) is 0.125. The molecule has 0 bridgehead atoms. The Bertz CT molecular complexity index is 591. The van der Waals surface area contributed by atoms with Crippen LogP contribution in [0.25, 0.3) is 6.08 Å². The van der Waals surface area contributed by atoms with Crippen LogP contribution >= 0.6 is 34.8 Å². The summed E-state index contributed by atoms with van der Waals surface area (Å²) < 4.78 is 5.69. The maximum absolute atomic E-state index is 5.96. The molecule has 0 aromatic heterocycles. The molecule has 0 heterocycles. The van der Waals surface area contributed by atoms with Crippen LogP contribution in [0.2, 0.25) is 10.0 Å². The van der Waals surface area contributed by atoms with Crippen molar-refractivity contribution in [1.29, 1.82) is 0 Å². The van der Waals surface area contributed by atoms with Crippen molar-refractivity contribution in [2.75, 3.05) is 5.88 Å². The van der Waals surface area contributed by atoms with Crippen LogP contribution in [0.4, 0.5) is 0 Å². The van der Waals surface area contributed by atoms with Crippen LogP contribution in [0.5, 0.6) is 5.75 Å². The van der Waals surface area contributed by atoms with Crippen LogP contribution in [-0.2, 0) is 6.61 Å². The zero-order valence-electron chi connectivity index (χ0n) is 10.7. The van der Waals surface area contributed by atoms with E-state index >= 15 is 0 Å². The van der Waals surface area contributed by atoms with Gasteiger partial charge in [0.05, 0.1) is 10.0 Å². The summed E-state index contributed by atoms with van der Waals surface area (Å²) in [4.78, 5) is 0. The van der Waals surface area contributed by atoms with E-state index in [0.717, 1.165) is 16.9 Å². The fourth-order valence-electron chi connectivity index (χ4n) is 1.65. The minimum atomic E-state index is 0.452. The normalized spacial score (nSPS) is 10.9. The van der Waals surface area contributed by atoms with Gasteiger partial charge in [-0.05, 0) is 35.4 Å². The molecule has 0 saturated heterocycles. The molecule has 0 amide bonds. The predicted molar refractivity (Wildman–Crippen MR) is 87.0 cm³/mol. The summed E-state index contributed by atoms with van der Waals surface area (Å²) in [7, 11) is 0. The number of hydrogen-bond acceptors (Lipinski definition) is 1. The Hall–Kier alpha value is -1.15. The summed E-state index contributed by atoms with van der Waals surface area (Å²) >= 11 is 17.4. The Labute approximate surface area is 133 Å². The van der Waals surface area contributed by atoms with E-state index in [1.165, 1.54) is 0 Å². The molecule has 0 atom stereocenters. The van der Waals surface area contributed by atoms with Gasteiger partial charge in [-0.1, -0.05) is 53.6 Å². The van der Waals surface area contributed by atoms with Crippen molar-refractivity contribution in [2.45, 2.75) is 6.61 Å². The van der Waals surface area contributed by atoms with E-state index < -0.39 is 0 Å². The van der Waals surface area contributed by atoms with Crippen molar-refractivity contribution in [2.24, 2.45) is 0 Å². The highest BCUT2D eigenvalue weighted by Gasteiger charge is 2.00. The lowest BCUT2D eigenvalue weighted by atomic mass is 10.2. The lowest BCUT2D eigenvalue weighted by Crippen LogP contribution is -1.95. The van der Waals surface area contributed by atoms with E-state index in [1.54, 1.807) is 6.07 Å². The molecule has 1 nitrogen and oxygen atoms in total. The molecule has 2 rings (SSSR count). The van der Waals surface area contributed by atoms with Crippen molar-refractivity contribution >= 4 is 40.9 Å². The maximum Gasteiger partial charge on any atom is 0.119 e. The molecule has 0 unspecified atom stereocenters. The van der Waals surface area contributed by atoms with Crippen LogP contribution in [0.1, 0.15) is 11.1 Å². The summed E-state index contributed by atoms with van der Waals surface area (Å²) in [5.41, 5.74) is 2.07. The Balaban J connectivity index is 1.96. The SMILES string of the molecule is ClCC=Cc1ccc(OCc2ccc(Cl)c(Cl)c2)cc1. The minimum absolute atomic E-state index is 0.452. The van der Waals surface area contributed by atoms with Gasteiger partial charge in [-0.15, -0.1) is 11.6 Å². The van der Waals surface area contributed by atoms with Crippen LogP contribution in [0.15, 0.2) is 48.5 Å². The summed E-state index contributed by atoms with van der Waals surface area (Å²) in [5.74, 6) is 1.31. The average molecular weight is 328 g/mol. The van der Waals surface area contributed by atoms with Gasteiger partial charge in [0.15, 0.2) is 0 Å². The van der Waals surface area contributed by atoms with Gasteiger partial charge in [-0.25, -0.2) is 0 Å². The Morgan fingerprint density at radius 1 is 0.950 bits per heavy atom. The Morgan fingerprint density at radius 3 is 2.35 bits per heavy atom. The highest BCUT2D eigenvalue weighted by atomic mass is 35.5. The molecule has 4 heteroatoms. The van der Waals surface area contributed by atoms with E-state index in [-0.39, 0.29) is 0 Å². The standard InChI is InChI=1S/C16H13Cl3O/c17-9-1-2-12-3-6-14(7-4-12)20-11-13-5-8-15(18)16(19)10-13/h1-8,10H,9,11H2. The number of ether oxygens (including phenoxy) is 1. The monoisotopic (exact) mass is 326 g/mol. The first-order chi connectivity index (χ1) is 9.69. The summed E-state index contributed by atoms with van der Waals surface area (Å²) in [6.07, 6.45) is 3.86. The third kappa shape index (κ3) is 4.45. The van der Waals surface area contributed by atoms with Crippen LogP contribution in [0.3, 0.4) is 0 Å². The first-order valence-corrected chi connectivity index (χ1v) is 7.37. The average Bonchev–Trinajstić information content (AvgIpc) is 2.47. The molecule has 0 aliphatic rings. The fourth-order valence-corrected chi connectivity index (χ4v) is 2.06. The number of alkyl halides is 1. The van der Waals surface area contributed by atoms with Crippen LogP contribution in [0, 0.1) is 0 Å². The van der Waals surface area contributed by atoms with Crippen molar-refractivity contribution in [3.8, 4) is 5.75 Å². The molecule has 104 valence electrons. The van der Waals surface area contributed by atoms with Gasteiger partial charge in [0.25, 0.3) is 0 Å². The smallest absolute Gasteiger partial charge is 0.119 e. The molecule has 20 heavy (non-hydrogen) atoms. The predicted octanol–water partition coefficient (Wildman–Crippen LogP) is 5.82. The molecule has 0 spiro atoms. The molecule has 0 radical (unpaired) electrons. The second-order valence-corrected chi connectivity index (χ2v) is 5.29. The number of rotatable bonds is 5. The molecule has 0 aliphatic carbocycles. The maximum atomic E-state index is 5.96. The van der Waals surface area contributed by atoms with Gasteiger partial charge in [-0.2, -0.15) is 0 Å². The van der Waals surface area contributed by atoms with E-state index in [1.807, 2.05) is 48.6 Å². The van der Waals surface area contributed by atoms with Gasteiger partial charge in [0, 0.05) is 5.88 Å². The second kappa shape index (κ2) is 7.58.